The van der Waals surface area contributed by atoms with Crippen molar-refractivity contribution in [3.8, 4) is 17.2 Å². The summed E-state index contributed by atoms with van der Waals surface area (Å²) in [7, 11) is 1.54. The van der Waals surface area contributed by atoms with Crippen molar-refractivity contribution in [3.63, 3.8) is 0 Å². The molecule has 0 saturated heterocycles. The number of rotatable bonds is 8. The molecule has 0 unspecified atom stereocenters. The van der Waals surface area contributed by atoms with Crippen LogP contribution in [0.5, 0.6) is 17.2 Å². The van der Waals surface area contributed by atoms with Gasteiger partial charge in [0, 0.05) is 5.56 Å². The molecule has 4 nitrogen and oxygen atoms in total. The number of halogens is 1. The van der Waals surface area contributed by atoms with Gasteiger partial charge < -0.3 is 19.9 Å². The van der Waals surface area contributed by atoms with Crippen LogP contribution in [-0.2, 0) is 0 Å². The van der Waals surface area contributed by atoms with Crippen molar-refractivity contribution in [3.05, 3.63) is 52.5 Å². The minimum absolute atomic E-state index is 0.250. The Morgan fingerprint density at radius 1 is 1.12 bits per heavy atom. The lowest BCUT2D eigenvalue weighted by Crippen LogP contribution is -2.12. The van der Waals surface area contributed by atoms with Crippen molar-refractivity contribution < 1.29 is 14.2 Å². The predicted molar refractivity (Wildman–Crippen MR) is 105 cm³/mol. The Kier molecular flexibility index (Phi) is 6.91. The van der Waals surface area contributed by atoms with E-state index in [0.29, 0.717) is 41.2 Å². The summed E-state index contributed by atoms with van der Waals surface area (Å²) in [6.45, 7) is 5.03. The van der Waals surface area contributed by atoms with Crippen LogP contribution in [0.4, 0.5) is 0 Å². The monoisotopic (exact) mass is 379 g/mol. The Balaban J connectivity index is 1.94. The molecular formula is C19H22ClNO3S. The zero-order chi connectivity index (χ0) is 18.4. The summed E-state index contributed by atoms with van der Waals surface area (Å²) in [4.78, 5) is 0.250. The fraction of sp³-hybridized carbons (Fsp3) is 0.316. The highest BCUT2D eigenvalue weighted by Gasteiger charge is 2.13. The average Bonchev–Trinajstić information content (AvgIpc) is 2.59. The molecule has 0 amide bonds. The van der Waals surface area contributed by atoms with Crippen LogP contribution >= 0.6 is 23.8 Å². The van der Waals surface area contributed by atoms with Gasteiger partial charge in [-0.3, -0.25) is 0 Å². The van der Waals surface area contributed by atoms with Crippen molar-refractivity contribution in [2.45, 2.75) is 19.8 Å². The number of ether oxygens (including phenoxy) is 3. The third-order valence-corrected chi connectivity index (χ3v) is 4.18. The largest absolute Gasteiger partial charge is 0.493 e. The maximum absolute atomic E-state index is 6.24. The maximum Gasteiger partial charge on any atom is 0.179 e. The van der Waals surface area contributed by atoms with E-state index in [-0.39, 0.29) is 4.99 Å². The van der Waals surface area contributed by atoms with E-state index in [1.165, 1.54) is 12.7 Å². The molecule has 2 aromatic carbocycles. The molecule has 2 N–H and O–H groups in total. The third kappa shape index (κ3) is 5.25. The third-order valence-electron chi connectivity index (χ3n) is 3.66. The van der Waals surface area contributed by atoms with Gasteiger partial charge in [-0.1, -0.05) is 49.8 Å². The molecule has 6 heteroatoms. The van der Waals surface area contributed by atoms with Crippen LogP contribution in [0.15, 0.2) is 36.4 Å². The summed E-state index contributed by atoms with van der Waals surface area (Å²) < 4.78 is 16.7. The van der Waals surface area contributed by atoms with Gasteiger partial charge in [-0.2, -0.15) is 0 Å². The number of hydrogen-bond donors (Lipinski definition) is 1. The zero-order valence-electron chi connectivity index (χ0n) is 14.5. The molecule has 0 aromatic heterocycles. The van der Waals surface area contributed by atoms with E-state index in [2.05, 4.69) is 26.0 Å². The highest BCUT2D eigenvalue weighted by Crippen LogP contribution is 2.36. The maximum atomic E-state index is 6.24. The minimum atomic E-state index is 0.250. The van der Waals surface area contributed by atoms with Crippen molar-refractivity contribution in [1.29, 1.82) is 0 Å². The first kappa shape index (κ1) is 19.3. The van der Waals surface area contributed by atoms with Crippen molar-refractivity contribution in [2.24, 2.45) is 5.73 Å². The molecular weight excluding hydrogens is 358 g/mol. The van der Waals surface area contributed by atoms with Gasteiger partial charge in [0.2, 0.25) is 0 Å². The summed E-state index contributed by atoms with van der Waals surface area (Å²) >= 11 is 11.2. The van der Waals surface area contributed by atoms with Crippen molar-refractivity contribution >= 4 is 28.8 Å². The molecule has 2 aromatic rings. The van der Waals surface area contributed by atoms with Crippen molar-refractivity contribution in [2.75, 3.05) is 20.3 Å². The SMILES string of the molecule is COc1cc(C(N)=S)cc(Cl)c1OCCOc1ccc(C(C)C)cc1. The molecule has 0 spiro atoms. The molecule has 0 saturated carbocycles. The molecule has 0 aliphatic rings. The highest BCUT2D eigenvalue weighted by molar-refractivity contribution is 7.80. The standard InChI is InChI=1S/C19H22ClNO3S/c1-12(2)13-4-6-15(7-5-13)23-8-9-24-18-16(20)10-14(19(21)25)11-17(18)22-3/h4-7,10-12H,8-9H2,1-3H3,(H2,21,25). The molecule has 0 bridgehead atoms. The Labute approximate surface area is 158 Å². The molecule has 25 heavy (non-hydrogen) atoms. The topological polar surface area (TPSA) is 53.7 Å². The summed E-state index contributed by atoms with van der Waals surface area (Å²) in [6.07, 6.45) is 0. The second kappa shape index (κ2) is 8.92. The first-order valence-corrected chi connectivity index (χ1v) is 8.74. The Hall–Kier alpha value is -1.98. The van der Waals surface area contributed by atoms with Crippen LogP contribution < -0.4 is 19.9 Å². The molecule has 0 radical (unpaired) electrons. The number of thiocarbonyl (C=S) groups is 1. The second-order valence-electron chi connectivity index (χ2n) is 5.77. The molecule has 0 atom stereocenters. The van der Waals surface area contributed by atoms with E-state index < -0.39 is 0 Å². The Bertz CT molecular complexity index is 732. The lowest BCUT2D eigenvalue weighted by Gasteiger charge is -2.14. The predicted octanol–water partition coefficient (Wildman–Crippen LogP) is 4.56. The van der Waals surface area contributed by atoms with Crippen LogP contribution in [0, 0.1) is 0 Å². The molecule has 0 aliphatic heterocycles. The summed E-state index contributed by atoms with van der Waals surface area (Å²) in [5.41, 5.74) is 7.53. The lowest BCUT2D eigenvalue weighted by molar-refractivity contribution is 0.211. The number of nitrogens with two attached hydrogens (primary N) is 1. The van der Waals surface area contributed by atoms with E-state index in [0.717, 1.165) is 5.75 Å². The van der Waals surface area contributed by atoms with Crippen molar-refractivity contribution in [1.82, 2.24) is 0 Å². The molecule has 0 heterocycles. The van der Waals surface area contributed by atoms with Gasteiger partial charge in [0.1, 0.15) is 24.0 Å². The zero-order valence-corrected chi connectivity index (χ0v) is 16.1. The number of hydrogen-bond acceptors (Lipinski definition) is 4. The van der Waals surface area contributed by atoms with Gasteiger partial charge >= 0.3 is 0 Å². The lowest BCUT2D eigenvalue weighted by atomic mass is 10.0. The first-order chi connectivity index (χ1) is 11.9. The van der Waals surface area contributed by atoms with Gasteiger partial charge in [-0.05, 0) is 35.7 Å². The molecule has 2 rings (SSSR count). The smallest absolute Gasteiger partial charge is 0.179 e. The Morgan fingerprint density at radius 3 is 2.32 bits per heavy atom. The van der Waals surface area contributed by atoms with Crippen LogP contribution in [0.2, 0.25) is 5.02 Å². The summed E-state index contributed by atoms with van der Waals surface area (Å²) in [5, 5.41) is 0.392. The van der Waals surface area contributed by atoms with E-state index >= 15 is 0 Å². The molecule has 134 valence electrons. The van der Waals surface area contributed by atoms with Crippen LogP contribution in [0.25, 0.3) is 0 Å². The quantitative estimate of drug-likeness (QED) is 0.538. The van der Waals surface area contributed by atoms with Gasteiger partial charge in [-0.15, -0.1) is 0 Å². The van der Waals surface area contributed by atoms with Gasteiger partial charge in [0.05, 0.1) is 12.1 Å². The van der Waals surface area contributed by atoms with Crippen LogP contribution in [0.3, 0.4) is 0 Å². The number of benzene rings is 2. The summed E-state index contributed by atoms with van der Waals surface area (Å²) in [5.74, 6) is 2.23. The van der Waals surface area contributed by atoms with E-state index in [4.69, 9.17) is 43.8 Å². The van der Waals surface area contributed by atoms with Gasteiger partial charge in [-0.25, -0.2) is 0 Å². The fourth-order valence-corrected chi connectivity index (χ4v) is 2.64. The van der Waals surface area contributed by atoms with Crippen LogP contribution in [-0.4, -0.2) is 25.3 Å². The normalized spacial score (nSPS) is 10.6. The highest BCUT2D eigenvalue weighted by atomic mass is 35.5. The Morgan fingerprint density at radius 2 is 1.76 bits per heavy atom. The fourth-order valence-electron chi connectivity index (χ4n) is 2.25. The van der Waals surface area contributed by atoms with Crippen LogP contribution in [0.1, 0.15) is 30.9 Å². The van der Waals surface area contributed by atoms with Gasteiger partial charge in [0.15, 0.2) is 11.5 Å². The van der Waals surface area contributed by atoms with E-state index in [1.54, 1.807) is 12.1 Å². The van der Waals surface area contributed by atoms with E-state index in [9.17, 15) is 0 Å². The molecule has 0 aliphatic carbocycles. The second-order valence-corrected chi connectivity index (χ2v) is 6.62. The first-order valence-electron chi connectivity index (χ1n) is 7.95. The minimum Gasteiger partial charge on any atom is -0.493 e. The molecule has 0 fully saturated rings. The van der Waals surface area contributed by atoms with E-state index in [1.807, 2.05) is 12.1 Å². The van der Waals surface area contributed by atoms with Gasteiger partial charge in [0.25, 0.3) is 0 Å². The average molecular weight is 380 g/mol. The number of methoxy groups -OCH3 is 1. The summed E-state index contributed by atoms with van der Waals surface area (Å²) in [6, 6.07) is 11.4.